The smallest absolute Gasteiger partial charge is 0.277 e. The number of nitrogens with one attached hydrogen (secondary N) is 1. The van der Waals surface area contributed by atoms with Crippen LogP contribution in [0, 0.1) is 0 Å². The molecule has 0 unspecified atom stereocenters. The van der Waals surface area contributed by atoms with Gasteiger partial charge in [-0.3, -0.25) is 9.59 Å². The molecule has 0 radical (unpaired) electrons. The summed E-state index contributed by atoms with van der Waals surface area (Å²) in [6.45, 7) is 0.769. The van der Waals surface area contributed by atoms with Crippen LogP contribution in [0.1, 0.15) is 0 Å². The van der Waals surface area contributed by atoms with Crippen LogP contribution < -0.4 is 10.9 Å². The molecule has 0 bridgehead atoms. The standard InChI is InChI=1S/C14H14N6O2/c21-13(9-19-7-5-15-10-19)16-6-8-20-14(22)11-3-1-2-4-12(11)17-18-20/h1-5,7,10H,6,8-9H2,(H,16,21). The second-order valence-electron chi connectivity index (χ2n) is 4.72. The fourth-order valence-corrected chi connectivity index (χ4v) is 2.07. The van der Waals surface area contributed by atoms with Crippen LogP contribution in [0.5, 0.6) is 0 Å². The van der Waals surface area contributed by atoms with Gasteiger partial charge >= 0.3 is 0 Å². The lowest BCUT2D eigenvalue weighted by atomic mass is 10.2. The highest BCUT2D eigenvalue weighted by Crippen LogP contribution is 2.02. The fourth-order valence-electron chi connectivity index (χ4n) is 2.07. The van der Waals surface area contributed by atoms with Crippen molar-refractivity contribution in [2.75, 3.05) is 6.54 Å². The molecule has 3 rings (SSSR count). The molecule has 0 spiro atoms. The Kier molecular flexibility index (Phi) is 3.90. The number of hydrogen-bond acceptors (Lipinski definition) is 5. The van der Waals surface area contributed by atoms with E-state index in [1.165, 1.54) is 4.68 Å². The van der Waals surface area contributed by atoms with Crippen molar-refractivity contribution in [1.29, 1.82) is 0 Å². The van der Waals surface area contributed by atoms with Crippen molar-refractivity contribution in [3.63, 3.8) is 0 Å². The van der Waals surface area contributed by atoms with Gasteiger partial charge < -0.3 is 9.88 Å². The van der Waals surface area contributed by atoms with Gasteiger partial charge in [-0.25, -0.2) is 9.67 Å². The van der Waals surface area contributed by atoms with E-state index in [0.717, 1.165) is 0 Å². The van der Waals surface area contributed by atoms with E-state index in [-0.39, 0.29) is 24.6 Å². The van der Waals surface area contributed by atoms with Gasteiger partial charge in [0.05, 0.1) is 18.3 Å². The van der Waals surface area contributed by atoms with Crippen molar-refractivity contribution in [3.05, 3.63) is 53.3 Å². The second-order valence-corrected chi connectivity index (χ2v) is 4.72. The lowest BCUT2D eigenvalue weighted by Gasteiger charge is -2.07. The molecular weight excluding hydrogens is 284 g/mol. The maximum absolute atomic E-state index is 12.2. The van der Waals surface area contributed by atoms with Crippen LogP contribution in [0.4, 0.5) is 0 Å². The van der Waals surface area contributed by atoms with E-state index in [9.17, 15) is 9.59 Å². The van der Waals surface area contributed by atoms with E-state index < -0.39 is 0 Å². The van der Waals surface area contributed by atoms with Crippen LogP contribution >= 0.6 is 0 Å². The number of amides is 1. The van der Waals surface area contributed by atoms with Gasteiger partial charge in [0.25, 0.3) is 5.56 Å². The van der Waals surface area contributed by atoms with Crippen molar-refractivity contribution >= 4 is 16.8 Å². The average molecular weight is 298 g/mol. The molecule has 0 fully saturated rings. The number of imidazole rings is 1. The monoisotopic (exact) mass is 298 g/mol. The minimum Gasteiger partial charge on any atom is -0.353 e. The number of hydrogen-bond donors (Lipinski definition) is 1. The van der Waals surface area contributed by atoms with Crippen molar-refractivity contribution in [1.82, 2.24) is 29.9 Å². The molecule has 0 atom stereocenters. The van der Waals surface area contributed by atoms with Gasteiger partial charge in [-0.15, -0.1) is 5.10 Å². The Balaban J connectivity index is 1.61. The fraction of sp³-hybridized carbons (Fsp3) is 0.214. The summed E-state index contributed by atoms with van der Waals surface area (Å²) in [5.41, 5.74) is 0.349. The number of carbonyl (C=O) groups is 1. The molecule has 0 aliphatic heterocycles. The summed E-state index contributed by atoms with van der Waals surface area (Å²) in [6.07, 6.45) is 4.88. The maximum Gasteiger partial charge on any atom is 0.277 e. The highest BCUT2D eigenvalue weighted by molar-refractivity contribution is 5.76. The average Bonchev–Trinajstić information content (AvgIpc) is 3.03. The highest BCUT2D eigenvalue weighted by Gasteiger charge is 2.06. The molecule has 1 amide bonds. The molecule has 0 saturated heterocycles. The molecule has 22 heavy (non-hydrogen) atoms. The third-order valence-corrected chi connectivity index (χ3v) is 3.16. The predicted octanol–water partition coefficient (Wildman–Crippen LogP) is -0.196. The first kappa shape index (κ1) is 13.9. The molecule has 112 valence electrons. The summed E-state index contributed by atoms with van der Waals surface area (Å²) in [5.74, 6) is -0.153. The van der Waals surface area contributed by atoms with Crippen LogP contribution in [-0.2, 0) is 17.9 Å². The Labute approximate surface area is 125 Å². The number of aromatic nitrogens is 5. The number of fused-ring (bicyclic) bond motifs is 1. The van der Waals surface area contributed by atoms with Gasteiger partial charge in [-0.2, -0.15) is 0 Å². The van der Waals surface area contributed by atoms with Gasteiger partial charge in [0, 0.05) is 18.9 Å². The summed E-state index contributed by atoms with van der Waals surface area (Å²) in [5, 5.41) is 11.1. The first-order chi connectivity index (χ1) is 10.7. The van der Waals surface area contributed by atoms with Crippen LogP contribution in [-0.4, -0.2) is 37.0 Å². The summed E-state index contributed by atoms with van der Waals surface area (Å²) >= 11 is 0. The predicted molar refractivity (Wildman–Crippen MR) is 79.0 cm³/mol. The van der Waals surface area contributed by atoms with Crippen molar-refractivity contribution in [2.45, 2.75) is 13.1 Å². The largest absolute Gasteiger partial charge is 0.353 e. The quantitative estimate of drug-likeness (QED) is 0.704. The Bertz CT molecular complexity index is 840. The second kappa shape index (κ2) is 6.17. The summed E-state index contributed by atoms with van der Waals surface area (Å²) in [6, 6.07) is 7.03. The van der Waals surface area contributed by atoms with E-state index in [0.29, 0.717) is 17.4 Å². The molecule has 0 aliphatic carbocycles. The molecule has 0 saturated carbocycles. The van der Waals surface area contributed by atoms with Crippen LogP contribution in [0.3, 0.4) is 0 Å². The molecule has 3 aromatic rings. The number of rotatable bonds is 5. The van der Waals surface area contributed by atoms with Crippen molar-refractivity contribution in [2.24, 2.45) is 0 Å². The third-order valence-electron chi connectivity index (χ3n) is 3.16. The van der Waals surface area contributed by atoms with E-state index in [2.05, 4.69) is 20.6 Å². The molecule has 1 aromatic carbocycles. The summed E-state index contributed by atoms with van der Waals surface area (Å²) in [4.78, 5) is 27.8. The lowest BCUT2D eigenvalue weighted by molar-refractivity contribution is -0.121. The van der Waals surface area contributed by atoms with Gasteiger partial charge in [0.1, 0.15) is 12.1 Å². The Hall–Kier alpha value is -3.03. The van der Waals surface area contributed by atoms with Gasteiger partial charge in [-0.1, -0.05) is 17.3 Å². The van der Waals surface area contributed by atoms with E-state index in [4.69, 9.17) is 0 Å². The zero-order chi connectivity index (χ0) is 15.4. The minimum absolute atomic E-state index is 0.153. The first-order valence-corrected chi connectivity index (χ1v) is 6.79. The molecule has 0 aliphatic rings. The maximum atomic E-state index is 12.2. The SMILES string of the molecule is O=C(Cn1ccnc1)NCCn1nnc2ccccc2c1=O. The van der Waals surface area contributed by atoms with Gasteiger partial charge in [0.15, 0.2) is 0 Å². The number of carbonyl (C=O) groups excluding carboxylic acids is 1. The summed E-state index contributed by atoms with van der Waals surface area (Å²) < 4.78 is 2.91. The normalized spacial score (nSPS) is 10.7. The van der Waals surface area contributed by atoms with Gasteiger partial charge in [0.2, 0.25) is 5.91 Å². The molecule has 2 aromatic heterocycles. The Morgan fingerprint density at radius 2 is 2.14 bits per heavy atom. The zero-order valence-electron chi connectivity index (χ0n) is 11.7. The van der Waals surface area contributed by atoms with Crippen molar-refractivity contribution < 1.29 is 4.79 Å². The highest BCUT2D eigenvalue weighted by atomic mass is 16.2. The molecule has 8 heteroatoms. The lowest BCUT2D eigenvalue weighted by Crippen LogP contribution is -2.34. The third kappa shape index (κ3) is 3.00. The Morgan fingerprint density at radius 1 is 1.27 bits per heavy atom. The molecule has 8 nitrogen and oxygen atoms in total. The van der Waals surface area contributed by atoms with E-state index >= 15 is 0 Å². The van der Waals surface area contributed by atoms with Crippen LogP contribution in [0.25, 0.3) is 10.9 Å². The van der Waals surface area contributed by atoms with Crippen molar-refractivity contribution in [3.8, 4) is 0 Å². The topological polar surface area (TPSA) is 94.7 Å². The van der Waals surface area contributed by atoms with E-state index in [1.807, 2.05) is 0 Å². The summed E-state index contributed by atoms with van der Waals surface area (Å²) in [7, 11) is 0. The van der Waals surface area contributed by atoms with Gasteiger partial charge in [-0.05, 0) is 12.1 Å². The Morgan fingerprint density at radius 3 is 2.95 bits per heavy atom. The molecule has 1 N–H and O–H groups in total. The van der Waals surface area contributed by atoms with E-state index in [1.54, 1.807) is 47.6 Å². The number of nitrogens with zero attached hydrogens (tertiary/aromatic N) is 5. The number of benzene rings is 1. The molecular formula is C14H14N6O2. The first-order valence-electron chi connectivity index (χ1n) is 6.79. The van der Waals surface area contributed by atoms with Crippen LogP contribution in [0.2, 0.25) is 0 Å². The zero-order valence-corrected chi connectivity index (χ0v) is 11.7. The minimum atomic E-state index is -0.213. The molecule has 2 heterocycles. The van der Waals surface area contributed by atoms with Crippen LogP contribution in [0.15, 0.2) is 47.8 Å².